The lowest BCUT2D eigenvalue weighted by Crippen LogP contribution is -2.07. The van der Waals surface area contributed by atoms with E-state index in [4.69, 9.17) is 0 Å². The molecule has 1 aliphatic rings. The largest absolute Gasteiger partial charge is 0.332 e. The van der Waals surface area contributed by atoms with Gasteiger partial charge in [0.05, 0.1) is 11.7 Å². The van der Waals surface area contributed by atoms with Crippen LogP contribution in [0.15, 0.2) is 27.7 Å². The minimum absolute atomic E-state index is 0.271. The van der Waals surface area contributed by atoms with Gasteiger partial charge in [-0.1, -0.05) is 17.8 Å². The number of hydrogen-bond donors (Lipinski definition) is 1. The lowest BCUT2D eigenvalue weighted by atomic mass is 10.3. The molecule has 0 aliphatic carbocycles. The van der Waals surface area contributed by atoms with Gasteiger partial charge in [0, 0.05) is 10.2 Å². The number of anilines is 1. The van der Waals surface area contributed by atoms with Gasteiger partial charge in [0.15, 0.2) is 5.17 Å². The first-order chi connectivity index (χ1) is 7.16. The van der Waals surface area contributed by atoms with Gasteiger partial charge in [-0.3, -0.25) is 4.99 Å². The molecule has 0 spiro atoms. The molecule has 0 aromatic heterocycles. The Morgan fingerprint density at radius 3 is 3.00 bits per heavy atom. The number of amidine groups is 1. The van der Waals surface area contributed by atoms with Crippen molar-refractivity contribution in [3.05, 3.63) is 28.5 Å². The van der Waals surface area contributed by atoms with Crippen molar-refractivity contribution >= 4 is 38.5 Å². The summed E-state index contributed by atoms with van der Waals surface area (Å²) >= 11 is 4.92. The molecular formula is C10H10BrFN2S. The van der Waals surface area contributed by atoms with Gasteiger partial charge < -0.3 is 5.32 Å². The van der Waals surface area contributed by atoms with Gasteiger partial charge in [0.2, 0.25) is 0 Å². The molecule has 0 amide bonds. The molecule has 0 bridgehead atoms. The van der Waals surface area contributed by atoms with Crippen molar-refractivity contribution < 1.29 is 4.39 Å². The van der Waals surface area contributed by atoms with Gasteiger partial charge >= 0.3 is 0 Å². The lowest BCUT2D eigenvalue weighted by molar-refractivity contribution is 0.631. The third-order valence-corrected chi connectivity index (χ3v) is 3.78. The first kappa shape index (κ1) is 11.0. The molecule has 2 nitrogen and oxygen atoms in total. The minimum Gasteiger partial charge on any atom is -0.332 e. The first-order valence-electron chi connectivity index (χ1n) is 4.58. The Morgan fingerprint density at radius 1 is 1.60 bits per heavy atom. The fourth-order valence-electron chi connectivity index (χ4n) is 1.27. The monoisotopic (exact) mass is 288 g/mol. The summed E-state index contributed by atoms with van der Waals surface area (Å²) in [6, 6.07) is 5.20. The van der Waals surface area contributed by atoms with Crippen LogP contribution in [0.1, 0.15) is 6.92 Å². The number of hydrogen-bond acceptors (Lipinski definition) is 3. The van der Waals surface area contributed by atoms with Gasteiger partial charge in [-0.05, 0) is 35.0 Å². The van der Waals surface area contributed by atoms with E-state index in [-0.39, 0.29) is 5.82 Å². The number of nitrogens with zero attached hydrogens (tertiary/aromatic N) is 1. The summed E-state index contributed by atoms with van der Waals surface area (Å²) in [5.74, 6) is 0.682. The topological polar surface area (TPSA) is 24.4 Å². The molecule has 80 valence electrons. The maximum absolute atomic E-state index is 13.4. The molecule has 1 unspecified atom stereocenters. The van der Waals surface area contributed by atoms with Gasteiger partial charge in [0.25, 0.3) is 0 Å². The SMILES string of the molecule is CC1CSC(Nc2c(F)cccc2Br)=N1. The summed E-state index contributed by atoms with van der Waals surface area (Å²) in [7, 11) is 0. The van der Waals surface area contributed by atoms with Crippen LogP contribution in [0, 0.1) is 5.82 Å². The van der Waals surface area contributed by atoms with E-state index in [9.17, 15) is 4.39 Å². The zero-order valence-corrected chi connectivity index (χ0v) is 10.5. The van der Waals surface area contributed by atoms with Crippen LogP contribution < -0.4 is 5.32 Å². The lowest BCUT2D eigenvalue weighted by Gasteiger charge is -2.08. The zero-order valence-electron chi connectivity index (χ0n) is 8.13. The van der Waals surface area contributed by atoms with Crippen molar-refractivity contribution in [2.75, 3.05) is 11.1 Å². The van der Waals surface area contributed by atoms with Crippen LogP contribution in [0.3, 0.4) is 0 Å². The predicted molar refractivity (Wildman–Crippen MR) is 67.1 cm³/mol. The van der Waals surface area contributed by atoms with Gasteiger partial charge in [-0.2, -0.15) is 0 Å². The summed E-state index contributed by atoms with van der Waals surface area (Å²) in [6.45, 7) is 2.04. The summed E-state index contributed by atoms with van der Waals surface area (Å²) < 4.78 is 14.2. The van der Waals surface area contributed by atoms with Crippen LogP contribution >= 0.6 is 27.7 Å². The summed E-state index contributed by atoms with van der Waals surface area (Å²) in [6.07, 6.45) is 0. The Hall–Kier alpha value is -0.550. The van der Waals surface area contributed by atoms with Crippen molar-refractivity contribution in [1.82, 2.24) is 0 Å². The Bertz CT molecular complexity index is 388. The van der Waals surface area contributed by atoms with Crippen molar-refractivity contribution in [3.8, 4) is 0 Å². The molecule has 15 heavy (non-hydrogen) atoms. The van der Waals surface area contributed by atoms with Crippen LogP contribution in [0.4, 0.5) is 10.1 Å². The highest BCUT2D eigenvalue weighted by Crippen LogP contribution is 2.28. The highest BCUT2D eigenvalue weighted by atomic mass is 79.9. The number of thioether (sulfide) groups is 1. The third kappa shape index (κ3) is 2.52. The van der Waals surface area contributed by atoms with Crippen LogP contribution in [-0.4, -0.2) is 17.0 Å². The van der Waals surface area contributed by atoms with Gasteiger partial charge in [-0.25, -0.2) is 4.39 Å². The number of rotatable bonds is 1. The maximum Gasteiger partial charge on any atom is 0.161 e. The maximum atomic E-state index is 13.4. The van der Waals surface area contributed by atoms with E-state index in [0.717, 1.165) is 10.9 Å². The standard InChI is InChI=1S/C10H10BrFN2S/c1-6-5-15-10(13-6)14-9-7(11)3-2-4-8(9)12/h2-4,6H,5H2,1H3,(H,13,14). The second-order valence-corrected chi connectivity index (χ2v) is 5.18. The molecule has 1 heterocycles. The molecule has 0 saturated heterocycles. The molecular weight excluding hydrogens is 279 g/mol. The van der Waals surface area contributed by atoms with E-state index in [0.29, 0.717) is 16.2 Å². The van der Waals surface area contributed by atoms with E-state index in [2.05, 4.69) is 26.2 Å². The molecule has 2 rings (SSSR count). The quantitative estimate of drug-likeness (QED) is 0.855. The molecule has 0 radical (unpaired) electrons. The summed E-state index contributed by atoms with van der Waals surface area (Å²) in [5.41, 5.74) is 0.456. The second-order valence-electron chi connectivity index (χ2n) is 3.32. The van der Waals surface area contributed by atoms with E-state index in [1.165, 1.54) is 6.07 Å². The number of para-hydroxylation sites is 1. The van der Waals surface area contributed by atoms with Crippen LogP contribution in [-0.2, 0) is 0 Å². The molecule has 1 aromatic rings. The number of nitrogens with one attached hydrogen (secondary N) is 1. The Morgan fingerprint density at radius 2 is 2.40 bits per heavy atom. The molecule has 1 atom stereocenters. The average Bonchev–Trinajstić information content (AvgIpc) is 2.58. The highest BCUT2D eigenvalue weighted by molar-refractivity contribution is 9.10. The van der Waals surface area contributed by atoms with Crippen LogP contribution in [0.25, 0.3) is 0 Å². The molecule has 1 N–H and O–H groups in total. The normalized spacial score (nSPS) is 20.2. The Labute approximate surface area is 100 Å². The average molecular weight is 289 g/mol. The second kappa shape index (κ2) is 4.53. The molecule has 0 fully saturated rings. The fourth-order valence-corrected chi connectivity index (χ4v) is 2.61. The van der Waals surface area contributed by atoms with Crippen molar-refractivity contribution in [2.45, 2.75) is 13.0 Å². The Kier molecular flexibility index (Phi) is 3.31. The van der Waals surface area contributed by atoms with E-state index < -0.39 is 0 Å². The molecule has 1 aliphatic heterocycles. The third-order valence-electron chi connectivity index (χ3n) is 1.99. The molecule has 0 saturated carbocycles. The highest BCUT2D eigenvalue weighted by Gasteiger charge is 2.16. The molecule has 1 aromatic carbocycles. The first-order valence-corrected chi connectivity index (χ1v) is 6.36. The van der Waals surface area contributed by atoms with Crippen LogP contribution in [0.5, 0.6) is 0 Å². The zero-order chi connectivity index (χ0) is 10.8. The van der Waals surface area contributed by atoms with Gasteiger partial charge in [-0.15, -0.1) is 0 Å². The van der Waals surface area contributed by atoms with Crippen LogP contribution in [0.2, 0.25) is 0 Å². The van der Waals surface area contributed by atoms with E-state index in [1.54, 1.807) is 23.9 Å². The number of benzene rings is 1. The molecule has 5 heteroatoms. The number of halogens is 2. The predicted octanol–water partition coefficient (Wildman–Crippen LogP) is 3.49. The van der Waals surface area contributed by atoms with Gasteiger partial charge in [0.1, 0.15) is 5.82 Å². The Balaban J connectivity index is 2.21. The minimum atomic E-state index is -0.271. The number of aliphatic imine (C=N–C) groups is 1. The van der Waals surface area contributed by atoms with E-state index in [1.807, 2.05) is 6.92 Å². The summed E-state index contributed by atoms with van der Waals surface area (Å²) in [5, 5.41) is 3.78. The van der Waals surface area contributed by atoms with Crippen molar-refractivity contribution in [3.63, 3.8) is 0 Å². The van der Waals surface area contributed by atoms with Crippen molar-refractivity contribution in [2.24, 2.45) is 4.99 Å². The van der Waals surface area contributed by atoms with E-state index >= 15 is 0 Å². The fraction of sp³-hybridized carbons (Fsp3) is 0.300. The smallest absolute Gasteiger partial charge is 0.161 e. The van der Waals surface area contributed by atoms with Crippen molar-refractivity contribution in [1.29, 1.82) is 0 Å². The summed E-state index contributed by atoms with van der Waals surface area (Å²) in [4.78, 5) is 4.35.